The Morgan fingerprint density at radius 2 is 1.69 bits per heavy atom. The average Bonchev–Trinajstić information content (AvgIpc) is 3.17. The van der Waals surface area contributed by atoms with Crippen LogP contribution in [0.2, 0.25) is 5.02 Å². The number of aromatic nitrogens is 2. The van der Waals surface area contributed by atoms with E-state index in [0.717, 1.165) is 6.26 Å². The maximum atomic E-state index is 12.4. The van der Waals surface area contributed by atoms with Gasteiger partial charge in [-0.25, -0.2) is 8.42 Å². The highest BCUT2D eigenvalue weighted by Gasteiger charge is 2.19. The molecule has 0 unspecified atom stereocenters. The number of rotatable bonds is 5. The first-order chi connectivity index (χ1) is 13.7. The predicted molar refractivity (Wildman–Crippen MR) is 105 cm³/mol. The fraction of sp³-hybridized carbons (Fsp3) is 0.0588. The van der Waals surface area contributed by atoms with Crippen LogP contribution in [-0.2, 0) is 10.0 Å². The predicted octanol–water partition coefficient (Wildman–Crippen LogP) is 1.84. The monoisotopic (exact) mass is 435 g/mol. The molecular formula is C17H14ClN5O5S. The van der Waals surface area contributed by atoms with Crippen LogP contribution in [0.1, 0.15) is 21.0 Å². The van der Waals surface area contributed by atoms with Crippen LogP contribution in [0.4, 0.5) is 5.69 Å². The van der Waals surface area contributed by atoms with Gasteiger partial charge in [0.1, 0.15) is 0 Å². The van der Waals surface area contributed by atoms with E-state index < -0.39 is 21.8 Å². The molecule has 0 fully saturated rings. The molecule has 0 saturated carbocycles. The van der Waals surface area contributed by atoms with E-state index >= 15 is 0 Å². The van der Waals surface area contributed by atoms with E-state index in [4.69, 9.17) is 16.0 Å². The van der Waals surface area contributed by atoms with Crippen molar-refractivity contribution >= 4 is 39.1 Å². The molecule has 2 amide bonds. The Hall–Kier alpha value is -3.44. The van der Waals surface area contributed by atoms with Gasteiger partial charge in [-0.2, -0.15) is 0 Å². The minimum absolute atomic E-state index is 0.00666. The molecule has 1 aromatic heterocycles. The van der Waals surface area contributed by atoms with E-state index in [9.17, 15) is 18.0 Å². The molecule has 0 aliphatic heterocycles. The van der Waals surface area contributed by atoms with Crippen molar-refractivity contribution in [1.29, 1.82) is 0 Å². The second-order valence-corrected chi connectivity index (χ2v) is 7.94. The molecule has 1 heterocycles. The number of carbonyl (C=O) groups is 2. The van der Waals surface area contributed by atoms with Crippen LogP contribution < -0.4 is 15.6 Å². The van der Waals surface area contributed by atoms with Crippen molar-refractivity contribution in [3.8, 4) is 11.5 Å². The number of halogens is 1. The van der Waals surface area contributed by atoms with E-state index in [0.29, 0.717) is 5.56 Å². The van der Waals surface area contributed by atoms with E-state index in [-0.39, 0.29) is 28.1 Å². The van der Waals surface area contributed by atoms with E-state index in [2.05, 4.69) is 25.8 Å². The Morgan fingerprint density at radius 1 is 1.00 bits per heavy atom. The second kappa shape index (κ2) is 8.29. The molecule has 29 heavy (non-hydrogen) atoms. The van der Waals surface area contributed by atoms with Crippen molar-refractivity contribution in [2.24, 2.45) is 0 Å². The molecular weight excluding hydrogens is 422 g/mol. The van der Waals surface area contributed by atoms with Crippen molar-refractivity contribution in [1.82, 2.24) is 21.0 Å². The lowest BCUT2D eigenvalue weighted by Crippen LogP contribution is -2.42. The number of carbonyl (C=O) groups excluding carboxylic acids is 2. The molecule has 0 saturated heterocycles. The molecule has 0 bridgehead atoms. The Kier molecular flexibility index (Phi) is 5.80. The molecule has 0 atom stereocenters. The Morgan fingerprint density at radius 3 is 2.38 bits per heavy atom. The molecule has 3 N–H and O–H groups in total. The van der Waals surface area contributed by atoms with Crippen LogP contribution in [-0.4, -0.2) is 36.7 Å². The highest BCUT2D eigenvalue weighted by molar-refractivity contribution is 7.92. The van der Waals surface area contributed by atoms with Crippen molar-refractivity contribution in [2.75, 3.05) is 11.0 Å². The lowest BCUT2D eigenvalue weighted by molar-refractivity contribution is 0.0827. The molecule has 0 radical (unpaired) electrons. The zero-order valence-electron chi connectivity index (χ0n) is 14.8. The molecule has 0 spiro atoms. The Bertz CT molecular complexity index is 1160. The smallest absolute Gasteiger partial charge is 0.327 e. The first-order valence-corrected chi connectivity index (χ1v) is 10.3. The maximum Gasteiger partial charge on any atom is 0.327 e. The van der Waals surface area contributed by atoms with Gasteiger partial charge in [-0.1, -0.05) is 29.8 Å². The summed E-state index contributed by atoms with van der Waals surface area (Å²) < 4.78 is 30.4. The van der Waals surface area contributed by atoms with Gasteiger partial charge >= 0.3 is 11.8 Å². The third kappa shape index (κ3) is 5.30. The fourth-order valence-corrected chi connectivity index (χ4v) is 2.99. The van der Waals surface area contributed by atoms with Crippen molar-refractivity contribution < 1.29 is 22.4 Å². The summed E-state index contributed by atoms with van der Waals surface area (Å²) in [6.45, 7) is 0. The van der Waals surface area contributed by atoms with Crippen LogP contribution >= 0.6 is 11.6 Å². The average molecular weight is 436 g/mol. The van der Waals surface area contributed by atoms with Crippen molar-refractivity contribution in [3.63, 3.8) is 0 Å². The normalized spacial score (nSPS) is 11.0. The van der Waals surface area contributed by atoms with E-state index in [1.807, 2.05) is 6.07 Å². The summed E-state index contributed by atoms with van der Waals surface area (Å²) in [6.07, 6.45) is 0.935. The summed E-state index contributed by atoms with van der Waals surface area (Å²) in [5.41, 5.74) is 4.77. The maximum absolute atomic E-state index is 12.4. The number of sulfonamides is 1. The third-order valence-corrected chi connectivity index (χ3v) is 4.28. The molecule has 150 valence electrons. The number of benzene rings is 2. The van der Waals surface area contributed by atoms with Crippen LogP contribution in [0, 0.1) is 0 Å². The Balaban J connectivity index is 1.70. The molecule has 12 heteroatoms. The van der Waals surface area contributed by atoms with Crippen molar-refractivity contribution in [3.05, 3.63) is 65.0 Å². The van der Waals surface area contributed by atoms with Crippen LogP contribution in [0.15, 0.2) is 52.9 Å². The number of nitrogens with one attached hydrogen (secondary N) is 3. The van der Waals surface area contributed by atoms with Gasteiger partial charge in [0.25, 0.3) is 5.91 Å². The number of nitrogens with zero attached hydrogens (tertiary/aromatic N) is 2. The Labute approximate surface area is 170 Å². The van der Waals surface area contributed by atoms with Gasteiger partial charge in [0.2, 0.25) is 15.9 Å². The standard InChI is InChI=1S/C17H14ClN5O5S/c1-29(26,27)23-13-8-7-11(18)9-12(13)14(24)19-20-15(25)17-22-21-16(28-17)10-5-3-2-4-6-10/h2-9,23H,1H3,(H,19,24)(H,20,25). The third-order valence-electron chi connectivity index (χ3n) is 3.45. The van der Waals surface area contributed by atoms with Crippen LogP contribution in [0.5, 0.6) is 0 Å². The lowest BCUT2D eigenvalue weighted by Gasteiger charge is -2.11. The topological polar surface area (TPSA) is 143 Å². The summed E-state index contributed by atoms with van der Waals surface area (Å²) in [6, 6.07) is 12.8. The SMILES string of the molecule is CS(=O)(=O)Nc1ccc(Cl)cc1C(=O)NNC(=O)c1nnc(-c2ccccc2)o1. The summed E-state index contributed by atoms with van der Waals surface area (Å²) in [5, 5.41) is 7.60. The minimum atomic E-state index is -3.64. The first kappa shape index (κ1) is 20.3. The van der Waals surface area contributed by atoms with Gasteiger partial charge in [0.05, 0.1) is 17.5 Å². The molecule has 3 aromatic rings. The van der Waals surface area contributed by atoms with Gasteiger partial charge in [-0.05, 0) is 30.3 Å². The quantitative estimate of drug-likeness (QED) is 0.518. The van der Waals surface area contributed by atoms with Gasteiger partial charge < -0.3 is 4.42 Å². The lowest BCUT2D eigenvalue weighted by atomic mass is 10.2. The summed E-state index contributed by atoms with van der Waals surface area (Å²) in [4.78, 5) is 24.5. The van der Waals surface area contributed by atoms with Gasteiger partial charge in [0, 0.05) is 10.6 Å². The van der Waals surface area contributed by atoms with Crippen molar-refractivity contribution in [2.45, 2.75) is 0 Å². The zero-order valence-corrected chi connectivity index (χ0v) is 16.4. The molecule has 0 aliphatic carbocycles. The molecule has 0 aliphatic rings. The molecule has 10 nitrogen and oxygen atoms in total. The number of amides is 2. The molecule has 3 rings (SSSR count). The zero-order chi connectivity index (χ0) is 21.0. The summed E-state index contributed by atoms with van der Waals surface area (Å²) in [7, 11) is -3.64. The van der Waals surface area contributed by atoms with Gasteiger partial charge in [-0.15, -0.1) is 10.2 Å². The van der Waals surface area contributed by atoms with E-state index in [1.165, 1.54) is 18.2 Å². The van der Waals surface area contributed by atoms with Crippen LogP contribution in [0.25, 0.3) is 11.5 Å². The summed E-state index contributed by atoms with van der Waals surface area (Å²) >= 11 is 5.87. The number of hydrazine groups is 1. The number of anilines is 1. The highest BCUT2D eigenvalue weighted by atomic mass is 35.5. The molecule has 2 aromatic carbocycles. The summed E-state index contributed by atoms with van der Waals surface area (Å²) in [5.74, 6) is -1.90. The fourth-order valence-electron chi connectivity index (χ4n) is 2.24. The minimum Gasteiger partial charge on any atom is -0.412 e. The number of hydrogen-bond acceptors (Lipinski definition) is 7. The first-order valence-electron chi connectivity index (χ1n) is 8.00. The highest BCUT2D eigenvalue weighted by Crippen LogP contribution is 2.21. The second-order valence-electron chi connectivity index (χ2n) is 5.75. The van der Waals surface area contributed by atoms with E-state index in [1.54, 1.807) is 24.3 Å². The van der Waals surface area contributed by atoms with Gasteiger partial charge in [-0.3, -0.25) is 25.2 Å². The number of hydrogen-bond donors (Lipinski definition) is 3. The van der Waals surface area contributed by atoms with Gasteiger partial charge in [0.15, 0.2) is 0 Å². The van der Waals surface area contributed by atoms with Crippen LogP contribution in [0.3, 0.4) is 0 Å². The largest absolute Gasteiger partial charge is 0.412 e.